The Hall–Kier alpha value is -2.86. The van der Waals surface area contributed by atoms with Crippen molar-refractivity contribution in [1.82, 2.24) is 15.8 Å². The van der Waals surface area contributed by atoms with Crippen LogP contribution in [-0.4, -0.2) is 36.9 Å². The van der Waals surface area contributed by atoms with Crippen molar-refractivity contribution in [2.45, 2.75) is 25.8 Å². The van der Waals surface area contributed by atoms with Gasteiger partial charge in [0.25, 0.3) is 11.8 Å². The largest absolute Gasteiger partial charge is 0.497 e. The summed E-state index contributed by atoms with van der Waals surface area (Å²) in [5.74, 6) is -0.0608. The number of carbonyl (C=O) groups excluding carboxylic acids is 2. The van der Waals surface area contributed by atoms with Gasteiger partial charge >= 0.3 is 0 Å². The van der Waals surface area contributed by atoms with Crippen molar-refractivity contribution in [3.05, 3.63) is 65.2 Å². The number of amides is 2. The van der Waals surface area contributed by atoms with Gasteiger partial charge in [-0.3, -0.25) is 25.3 Å². The minimum Gasteiger partial charge on any atom is -0.497 e. The minimum absolute atomic E-state index is 0.346. The third-order valence-electron chi connectivity index (χ3n) is 4.71. The van der Waals surface area contributed by atoms with E-state index in [1.807, 2.05) is 12.1 Å². The Balaban J connectivity index is 1.50. The van der Waals surface area contributed by atoms with E-state index in [1.165, 1.54) is 24.8 Å². The highest BCUT2D eigenvalue weighted by molar-refractivity contribution is 5.99. The van der Waals surface area contributed by atoms with Gasteiger partial charge in [0.05, 0.1) is 7.11 Å². The molecule has 2 amide bonds. The molecule has 0 radical (unpaired) electrons. The minimum atomic E-state index is -0.382. The summed E-state index contributed by atoms with van der Waals surface area (Å²) in [7, 11) is 1.56. The molecule has 1 fully saturated rings. The van der Waals surface area contributed by atoms with E-state index in [9.17, 15) is 9.59 Å². The smallest absolute Gasteiger partial charge is 0.269 e. The van der Waals surface area contributed by atoms with Gasteiger partial charge < -0.3 is 4.74 Å². The number of piperidine rings is 1. The van der Waals surface area contributed by atoms with E-state index in [0.717, 1.165) is 19.6 Å². The van der Waals surface area contributed by atoms with Crippen LogP contribution >= 0.6 is 0 Å². The highest BCUT2D eigenvalue weighted by Crippen LogP contribution is 2.14. The van der Waals surface area contributed by atoms with Crippen LogP contribution in [0.2, 0.25) is 0 Å². The van der Waals surface area contributed by atoms with Gasteiger partial charge in [0.1, 0.15) is 5.75 Å². The van der Waals surface area contributed by atoms with Crippen molar-refractivity contribution in [3.63, 3.8) is 0 Å². The zero-order valence-corrected chi connectivity index (χ0v) is 15.5. The third kappa shape index (κ3) is 5.31. The second-order valence-corrected chi connectivity index (χ2v) is 6.67. The summed E-state index contributed by atoms with van der Waals surface area (Å²) in [6.45, 7) is 3.19. The third-order valence-corrected chi connectivity index (χ3v) is 4.71. The second-order valence-electron chi connectivity index (χ2n) is 6.67. The van der Waals surface area contributed by atoms with E-state index in [0.29, 0.717) is 16.9 Å². The molecule has 2 aromatic carbocycles. The molecule has 0 aliphatic carbocycles. The van der Waals surface area contributed by atoms with Crippen LogP contribution in [0.15, 0.2) is 48.5 Å². The molecule has 1 heterocycles. The summed E-state index contributed by atoms with van der Waals surface area (Å²) in [5.41, 5.74) is 7.01. The van der Waals surface area contributed by atoms with E-state index >= 15 is 0 Å². The number of likely N-dealkylation sites (tertiary alicyclic amines) is 1. The fraction of sp³-hybridized carbons (Fsp3) is 0.333. The van der Waals surface area contributed by atoms with Crippen molar-refractivity contribution in [2.24, 2.45) is 0 Å². The number of hydrogen-bond acceptors (Lipinski definition) is 4. The van der Waals surface area contributed by atoms with Crippen LogP contribution in [0.25, 0.3) is 0 Å². The Labute approximate surface area is 159 Å². The zero-order chi connectivity index (χ0) is 19.1. The summed E-state index contributed by atoms with van der Waals surface area (Å²) in [6.07, 6.45) is 3.83. The number of hydrogen-bond donors (Lipinski definition) is 2. The van der Waals surface area contributed by atoms with Crippen molar-refractivity contribution >= 4 is 11.8 Å². The van der Waals surface area contributed by atoms with Gasteiger partial charge in [-0.25, -0.2) is 0 Å². The average molecular weight is 367 g/mol. The van der Waals surface area contributed by atoms with Crippen LogP contribution in [0.3, 0.4) is 0 Å². The predicted octanol–water partition coefficient (Wildman–Crippen LogP) is 2.76. The highest BCUT2D eigenvalue weighted by Gasteiger charge is 2.12. The van der Waals surface area contributed by atoms with Crippen molar-refractivity contribution in [3.8, 4) is 5.75 Å². The fourth-order valence-corrected chi connectivity index (χ4v) is 3.14. The topological polar surface area (TPSA) is 70.7 Å². The van der Waals surface area contributed by atoms with Gasteiger partial charge in [0, 0.05) is 17.7 Å². The second kappa shape index (κ2) is 9.19. The number of hydrazine groups is 1. The molecule has 1 saturated heterocycles. The number of nitrogens with one attached hydrogen (secondary N) is 2. The molecule has 0 saturated carbocycles. The monoisotopic (exact) mass is 367 g/mol. The Morgan fingerprint density at radius 1 is 0.852 bits per heavy atom. The van der Waals surface area contributed by atoms with Crippen LogP contribution in [0.5, 0.6) is 5.75 Å². The van der Waals surface area contributed by atoms with E-state index in [2.05, 4.69) is 15.8 Å². The molecule has 6 heteroatoms. The van der Waals surface area contributed by atoms with Crippen molar-refractivity contribution in [2.75, 3.05) is 20.2 Å². The first-order valence-corrected chi connectivity index (χ1v) is 9.22. The molecular weight excluding hydrogens is 342 g/mol. The molecule has 3 rings (SSSR count). The van der Waals surface area contributed by atoms with E-state index in [-0.39, 0.29) is 11.8 Å². The van der Waals surface area contributed by atoms with Gasteiger partial charge in [0.2, 0.25) is 0 Å². The quantitative estimate of drug-likeness (QED) is 0.797. The number of nitrogens with zero attached hydrogens (tertiary/aromatic N) is 1. The van der Waals surface area contributed by atoms with Crippen LogP contribution in [0, 0.1) is 0 Å². The van der Waals surface area contributed by atoms with Crippen molar-refractivity contribution in [1.29, 1.82) is 0 Å². The van der Waals surface area contributed by atoms with Gasteiger partial charge in [-0.15, -0.1) is 0 Å². The SMILES string of the molecule is COc1ccc(C(=O)NNC(=O)c2ccc(CN3CCCCC3)cc2)cc1. The van der Waals surface area contributed by atoms with Gasteiger partial charge in [-0.05, 0) is 67.9 Å². The maximum atomic E-state index is 12.2. The van der Waals surface area contributed by atoms with Crippen LogP contribution in [-0.2, 0) is 6.54 Å². The lowest BCUT2D eigenvalue weighted by Crippen LogP contribution is -2.41. The Morgan fingerprint density at radius 3 is 1.89 bits per heavy atom. The van der Waals surface area contributed by atoms with E-state index < -0.39 is 0 Å². The van der Waals surface area contributed by atoms with Gasteiger partial charge in [0.15, 0.2) is 0 Å². The fourth-order valence-electron chi connectivity index (χ4n) is 3.14. The molecule has 27 heavy (non-hydrogen) atoms. The number of carbonyl (C=O) groups is 2. The molecule has 1 aliphatic heterocycles. The van der Waals surface area contributed by atoms with Gasteiger partial charge in [-0.1, -0.05) is 18.6 Å². The van der Waals surface area contributed by atoms with Crippen LogP contribution in [0.4, 0.5) is 0 Å². The maximum absolute atomic E-state index is 12.2. The zero-order valence-electron chi connectivity index (χ0n) is 15.5. The lowest BCUT2D eigenvalue weighted by molar-refractivity contribution is 0.0846. The Morgan fingerprint density at radius 2 is 1.37 bits per heavy atom. The Kier molecular flexibility index (Phi) is 6.44. The van der Waals surface area contributed by atoms with E-state index in [4.69, 9.17) is 4.74 Å². The van der Waals surface area contributed by atoms with E-state index in [1.54, 1.807) is 43.5 Å². The summed E-state index contributed by atoms with van der Waals surface area (Å²) < 4.78 is 5.06. The molecule has 1 aliphatic rings. The normalized spacial score (nSPS) is 14.4. The molecule has 0 atom stereocenters. The highest BCUT2D eigenvalue weighted by atomic mass is 16.5. The van der Waals surface area contributed by atoms with Crippen LogP contribution < -0.4 is 15.6 Å². The molecular formula is C21H25N3O3. The predicted molar refractivity (Wildman–Crippen MR) is 103 cm³/mol. The number of benzene rings is 2. The average Bonchev–Trinajstić information content (AvgIpc) is 2.73. The van der Waals surface area contributed by atoms with Gasteiger partial charge in [-0.2, -0.15) is 0 Å². The molecule has 2 N–H and O–H groups in total. The number of ether oxygens (including phenoxy) is 1. The Bertz CT molecular complexity index is 766. The number of rotatable bonds is 5. The first-order valence-electron chi connectivity index (χ1n) is 9.22. The molecule has 0 spiro atoms. The number of methoxy groups -OCH3 is 1. The summed E-state index contributed by atoms with van der Waals surface area (Å²) >= 11 is 0. The lowest BCUT2D eigenvalue weighted by Gasteiger charge is -2.26. The summed E-state index contributed by atoms with van der Waals surface area (Å²) in [4.78, 5) is 26.7. The lowest BCUT2D eigenvalue weighted by atomic mass is 10.1. The molecule has 6 nitrogen and oxygen atoms in total. The molecule has 2 aromatic rings. The summed E-state index contributed by atoms with van der Waals surface area (Å²) in [5, 5.41) is 0. The molecule has 0 bridgehead atoms. The molecule has 142 valence electrons. The van der Waals surface area contributed by atoms with Crippen LogP contribution in [0.1, 0.15) is 45.5 Å². The summed E-state index contributed by atoms with van der Waals surface area (Å²) in [6, 6.07) is 14.2. The van der Waals surface area contributed by atoms with Crippen molar-refractivity contribution < 1.29 is 14.3 Å². The molecule has 0 aromatic heterocycles. The maximum Gasteiger partial charge on any atom is 0.269 e. The first kappa shape index (κ1) is 18.9. The molecule has 0 unspecified atom stereocenters. The first-order chi connectivity index (χ1) is 13.2. The standard InChI is InChI=1S/C21H25N3O3/c1-27-19-11-9-18(10-12-19)21(26)23-22-20(25)17-7-5-16(6-8-17)15-24-13-3-2-4-14-24/h5-12H,2-4,13-15H2,1H3,(H,22,25)(H,23,26).